The number of Topliss-reactive ketones (excluding diaryl/α,β-unsaturated/α-hetero) is 1. The summed E-state index contributed by atoms with van der Waals surface area (Å²) in [7, 11) is 1.88. The van der Waals surface area contributed by atoms with Gasteiger partial charge in [0.05, 0.1) is 11.3 Å². The van der Waals surface area contributed by atoms with Crippen molar-refractivity contribution in [3.8, 4) is 0 Å². The van der Waals surface area contributed by atoms with Crippen LogP contribution in [0.2, 0.25) is 0 Å². The fourth-order valence-electron chi connectivity index (χ4n) is 1.68. The molecule has 1 heterocycles. The summed E-state index contributed by atoms with van der Waals surface area (Å²) in [5.41, 5.74) is 2.72. The molecule has 13 heavy (non-hydrogen) atoms. The maximum atomic E-state index is 11.8. The topological polar surface area (TPSA) is 34.9 Å². The van der Waals surface area contributed by atoms with E-state index in [1.165, 1.54) is 0 Å². The molecule has 0 radical (unpaired) electrons. The number of aromatic nitrogens is 2. The first-order valence-corrected chi connectivity index (χ1v) is 4.65. The molecule has 0 bridgehead atoms. The van der Waals surface area contributed by atoms with Crippen LogP contribution in [-0.2, 0) is 7.05 Å². The maximum Gasteiger partial charge on any atom is 0.169 e. The number of hydrogen-bond acceptors (Lipinski definition) is 2. The van der Waals surface area contributed by atoms with Crippen LogP contribution < -0.4 is 0 Å². The number of carbonyl (C=O) groups is 1. The summed E-state index contributed by atoms with van der Waals surface area (Å²) in [4.78, 5) is 11.8. The summed E-state index contributed by atoms with van der Waals surface area (Å²) in [5, 5.41) is 4.24. The molecule has 0 spiro atoms. The summed E-state index contributed by atoms with van der Waals surface area (Å²) in [6.07, 6.45) is 2.12. The first kappa shape index (κ1) is 8.48. The Labute approximate surface area is 77.7 Å². The molecule has 0 aromatic carbocycles. The van der Waals surface area contributed by atoms with Gasteiger partial charge in [-0.1, -0.05) is 0 Å². The van der Waals surface area contributed by atoms with Crippen molar-refractivity contribution in [2.45, 2.75) is 26.7 Å². The number of hydrogen-bond donors (Lipinski definition) is 0. The highest BCUT2D eigenvalue weighted by Gasteiger charge is 2.33. The van der Waals surface area contributed by atoms with Crippen LogP contribution in [0.5, 0.6) is 0 Å². The van der Waals surface area contributed by atoms with Gasteiger partial charge in [-0.25, -0.2) is 0 Å². The second-order valence-corrected chi connectivity index (χ2v) is 3.81. The van der Waals surface area contributed by atoms with Crippen molar-refractivity contribution in [1.29, 1.82) is 0 Å². The molecule has 3 nitrogen and oxygen atoms in total. The lowest BCUT2D eigenvalue weighted by molar-refractivity contribution is 0.0966. The molecule has 1 aliphatic carbocycles. The summed E-state index contributed by atoms with van der Waals surface area (Å²) in [6.45, 7) is 3.86. The molecule has 0 N–H and O–H groups in total. The van der Waals surface area contributed by atoms with Gasteiger partial charge in [0, 0.05) is 18.7 Å². The van der Waals surface area contributed by atoms with Crippen molar-refractivity contribution >= 4 is 5.78 Å². The molecule has 1 aliphatic rings. The lowest BCUT2D eigenvalue weighted by Crippen LogP contribution is -2.04. The van der Waals surface area contributed by atoms with E-state index in [-0.39, 0.29) is 0 Å². The fourth-order valence-corrected chi connectivity index (χ4v) is 1.68. The van der Waals surface area contributed by atoms with Gasteiger partial charge in [0.2, 0.25) is 0 Å². The zero-order chi connectivity index (χ0) is 9.59. The minimum atomic E-state index is 0.293. The monoisotopic (exact) mass is 178 g/mol. The Kier molecular flexibility index (Phi) is 1.75. The zero-order valence-corrected chi connectivity index (χ0v) is 8.29. The molecule has 0 saturated heterocycles. The van der Waals surface area contributed by atoms with Crippen LogP contribution in [0.4, 0.5) is 0 Å². The molecule has 1 fully saturated rings. The lowest BCUT2D eigenvalue weighted by Gasteiger charge is -1.98. The third-order valence-corrected chi connectivity index (χ3v) is 2.70. The van der Waals surface area contributed by atoms with E-state index < -0.39 is 0 Å². The number of ketones is 1. The Morgan fingerprint density at radius 2 is 2.08 bits per heavy atom. The van der Waals surface area contributed by atoms with Gasteiger partial charge in [-0.2, -0.15) is 5.10 Å². The van der Waals surface area contributed by atoms with Gasteiger partial charge < -0.3 is 0 Å². The second kappa shape index (κ2) is 2.69. The Hall–Kier alpha value is -1.12. The number of carbonyl (C=O) groups excluding carboxylic acids is 1. The van der Waals surface area contributed by atoms with Crippen LogP contribution in [0, 0.1) is 19.8 Å². The van der Waals surface area contributed by atoms with Gasteiger partial charge in [0.15, 0.2) is 5.78 Å². The van der Waals surface area contributed by atoms with Crippen molar-refractivity contribution in [2.24, 2.45) is 13.0 Å². The SMILES string of the molecule is Cc1nn(C)c(C)c1C(=O)C1CC1. The predicted octanol–water partition coefficient (Wildman–Crippen LogP) is 1.63. The molecule has 1 aromatic heterocycles. The van der Waals surface area contributed by atoms with Crippen molar-refractivity contribution in [3.63, 3.8) is 0 Å². The van der Waals surface area contributed by atoms with Crippen molar-refractivity contribution in [2.75, 3.05) is 0 Å². The van der Waals surface area contributed by atoms with Crippen molar-refractivity contribution in [3.05, 3.63) is 17.0 Å². The van der Waals surface area contributed by atoms with E-state index in [2.05, 4.69) is 5.10 Å². The van der Waals surface area contributed by atoms with E-state index in [0.717, 1.165) is 29.8 Å². The van der Waals surface area contributed by atoms with Crippen molar-refractivity contribution in [1.82, 2.24) is 9.78 Å². The van der Waals surface area contributed by atoms with Gasteiger partial charge in [-0.15, -0.1) is 0 Å². The molecule has 2 rings (SSSR count). The molecule has 0 amide bonds. The fraction of sp³-hybridized carbons (Fsp3) is 0.600. The third kappa shape index (κ3) is 1.28. The Balaban J connectivity index is 2.42. The highest BCUT2D eigenvalue weighted by molar-refractivity contribution is 6.01. The minimum absolute atomic E-state index is 0.293. The van der Waals surface area contributed by atoms with Crippen LogP contribution in [0.15, 0.2) is 0 Å². The molecule has 3 heteroatoms. The summed E-state index contributed by atoms with van der Waals surface area (Å²) >= 11 is 0. The summed E-state index contributed by atoms with van der Waals surface area (Å²) < 4.78 is 1.78. The van der Waals surface area contributed by atoms with Gasteiger partial charge in [-0.05, 0) is 26.7 Å². The maximum absolute atomic E-state index is 11.8. The van der Waals surface area contributed by atoms with E-state index in [1.807, 2.05) is 20.9 Å². The highest BCUT2D eigenvalue weighted by atomic mass is 16.1. The number of rotatable bonds is 2. The van der Waals surface area contributed by atoms with E-state index >= 15 is 0 Å². The molecule has 0 atom stereocenters. The molecule has 1 aromatic rings. The lowest BCUT2D eigenvalue weighted by atomic mass is 10.1. The Bertz CT molecular complexity index is 361. The average Bonchev–Trinajstić information content (AvgIpc) is 2.82. The molecule has 70 valence electrons. The van der Waals surface area contributed by atoms with Crippen LogP contribution in [0.1, 0.15) is 34.6 Å². The zero-order valence-electron chi connectivity index (χ0n) is 8.29. The Morgan fingerprint density at radius 3 is 2.46 bits per heavy atom. The predicted molar refractivity (Wildman–Crippen MR) is 49.7 cm³/mol. The van der Waals surface area contributed by atoms with E-state index in [9.17, 15) is 4.79 Å². The van der Waals surface area contributed by atoms with Gasteiger partial charge in [0.1, 0.15) is 0 Å². The summed E-state index contributed by atoms with van der Waals surface area (Å²) in [5.74, 6) is 0.588. The molecule has 0 aliphatic heterocycles. The molecule has 1 saturated carbocycles. The highest BCUT2D eigenvalue weighted by Crippen LogP contribution is 2.34. The molecular weight excluding hydrogens is 164 g/mol. The van der Waals surface area contributed by atoms with E-state index in [1.54, 1.807) is 4.68 Å². The summed E-state index contributed by atoms with van der Waals surface area (Å²) in [6, 6.07) is 0. The van der Waals surface area contributed by atoms with Crippen LogP contribution in [0.3, 0.4) is 0 Å². The normalized spacial score (nSPS) is 16.2. The standard InChI is InChI=1S/C10H14N2O/c1-6-9(7(2)12(3)11-6)10(13)8-4-5-8/h8H,4-5H2,1-3H3. The Morgan fingerprint density at radius 1 is 1.46 bits per heavy atom. The number of aryl methyl sites for hydroxylation is 2. The third-order valence-electron chi connectivity index (χ3n) is 2.70. The van der Waals surface area contributed by atoms with Crippen LogP contribution in [-0.4, -0.2) is 15.6 Å². The van der Waals surface area contributed by atoms with Gasteiger partial charge in [-0.3, -0.25) is 9.48 Å². The van der Waals surface area contributed by atoms with Gasteiger partial charge in [0.25, 0.3) is 0 Å². The average molecular weight is 178 g/mol. The van der Waals surface area contributed by atoms with Crippen LogP contribution >= 0.6 is 0 Å². The smallest absolute Gasteiger partial charge is 0.169 e. The van der Waals surface area contributed by atoms with Crippen LogP contribution in [0.25, 0.3) is 0 Å². The van der Waals surface area contributed by atoms with Crippen molar-refractivity contribution < 1.29 is 4.79 Å². The van der Waals surface area contributed by atoms with E-state index in [4.69, 9.17) is 0 Å². The minimum Gasteiger partial charge on any atom is -0.294 e. The van der Waals surface area contributed by atoms with Gasteiger partial charge >= 0.3 is 0 Å². The molecular formula is C10H14N2O. The first-order chi connectivity index (χ1) is 6.11. The largest absolute Gasteiger partial charge is 0.294 e. The second-order valence-electron chi connectivity index (χ2n) is 3.81. The number of nitrogens with zero attached hydrogens (tertiary/aromatic N) is 2. The molecule has 0 unspecified atom stereocenters. The first-order valence-electron chi connectivity index (χ1n) is 4.65. The quantitative estimate of drug-likeness (QED) is 0.645. The van der Waals surface area contributed by atoms with E-state index in [0.29, 0.717) is 11.7 Å².